The molecule has 24 heavy (non-hydrogen) atoms. The molecule has 1 aromatic heterocycles. The van der Waals surface area contributed by atoms with Crippen LogP contribution < -0.4 is 0 Å². The number of fused-ring (bicyclic) bond motifs is 3. The van der Waals surface area contributed by atoms with Crippen LogP contribution in [0.2, 0.25) is 5.02 Å². The molecule has 1 saturated heterocycles. The lowest BCUT2D eigenvalue weighted by molar-refractivity contribution is -0.139. The molecule has 0 spiro atoms. The van der Waals surface area contributed by atoms with Crippen molar-refractivity contribution >= 4 is 28.4 Å². The van der Waals surface area contributed by atoms with Crippen molar-refractivity contribution < 1.29 is 9.53 Å². The summed E-state index contributed by atoms with van der Waals surface area (Å²) in [4.78, 5) is 20.6. The van der Waals surface area contributed by atoms with Gasteiger partial charge in [0, 0.05) is 49.2 Å². The van der Waals surface area contributed by atoms with E-state index in [0.29, 0.717) is 19.8 Å². The van der Waals surface area contributed by atoms with E-state index in [2.05, 4.69) is 16.0 Å². The first-order chi connectivity index (χ1) is 11.6. The largest absolute Gasteiger partial charge is 0.379 e. The molecule has 5 nitrogen and oxygen atoms in total. The molecule has 1 N–H and O–H groups in total. The Labute approximate surface area is 146 Å². The molecule has 0 bridgehead atoms. The van der Waals surface area contributed by atoms with Crippen LogP contribution in [0.1, 0.15) is 18.2 Å². The minimum Gasteiger partial charge on any atom is -0.379 e. The first-order valence-corrected chi connectivity index (χ1v) is 8.91. The number of nitrogens with one attached hydrogen (secondary N) is 1. The highest BCUT2D eigenvalue weighted by molar-refractivity contribution is 6.35. The number of carbonyl (C=O) groups is 1. The zero-order valence-corrected chi connectivity index (χ0v) is 14.6. The molecule has 3 heterocycles. The lowest BCUT2D eigenvalue weighted by Crippen LogP contribution is -2.51. The van der Waals surface area contributed by atoms with Gasteiger partial charge in [0.15, 0.2) is 0 Å². The fourth-order valence-corrected chi connectivity index (χ4v) is 4.00. The highest BCUT2D eigenvalue weighted by atomic mass is 35.5. The summed E-state index contributed by atoms with van der Waals surface area (Å²) < 4.78 is 5.39. The molecule has 1 fully saturated rings. The number of amides is 1. The van der Waals surface area contributed by atoms with Gasteiger partial charge in [0.2, 0.25) is 5.91 Å². The Morgan fingerprint density at radius 1 is 1.29 bits per heavy atom. The maximum absolute atomic E-state index is 12.9. The van der Waals surface area contributed by atoms with Gasteiger partial charge in [-0.05, 0) is 13.0 Å². The quantitative estimate of drug-likeness (QED) is 0.907. The van der Waals surface area contributed by atoms with Gasteiger partial charge < -0.3 is 14.6 Å². The molecule has 2 aliphatic heterocycles. The number of aromatic amines is 1. The summed E-state index contributed by atoms with van der Waals surface area (Å²) in [5.41, 5.74) is 3.40. The molecule has 2 aliphatic rings. The normalized spacial score (nSPS) is 20.2. The number of aromatic nitrogens is 1. The third-order valence-corrected chi connectivity index (χ3v) is 5.54. The number of rotatable bonds is 2. The molecule has 128 valence electrons. The molecule has 2 aromatic rings. The minimum atomic E-state index is -0.0933. The Kier molecular flexibility index (Phi) is 4.24. The second-order valence-corrected chi connectivity index (χ2v) is 6.99. The summed E-state index contributed by atoms with van der Waals surface area (Å²) in [6.07, 6.45) is 0.849. The van der Waals surface area contributed by atoms with E-state index in [1.54, 1.807) is 0 Å². The molecule has 0 saturated carbocycles. The third-order valence-electron chi connectivity index (χ3n) is 5.22. The van der Waals surface area contributed by atoms with Gasteiger partial charge in [-0.3, -0.25) is 9.69 Å². The first kappa shape index (κ1) is 15.9. The van der Waals surface area contributed by atoms with Crippen molar-refractivity contribution in [3.05, 3.63) is 34.5 Å². The van der Waals surface area contributed by atoms with Gasteiger partial charge >= 0.3 is 0 Å². The standard InChI is InChI=1S/C18H22ClN3O2/c1-12(21-7-9-24-10-8-21)18(23)22-6-5-16-14(11-22)13-3-2-4-15(19)17(13)20-16/h2-4,12,20H,5-11H2,1H3. The van der Waals surface area contributed by atoms with Crippen LogP contribution in [0, 0.1) is 0 Å². The number of hydrogen-bond donors (Lipinski definition) is 1. The number of nitrogens with zero attached hydrogens (tertiary/aromatic N) is 2. The third kappa shape index (κ3) is 2.70. The minimum absolute atomic E-state index is 0.0933. The SMILES string of the molecule is CC(C(=O)N1CCc2[nH]c3c(Cl)cccc3c2C1)N1CCOCC1. The monoisotopic (exact) mass is 347 g/mol. The van der Waals surface area contributed by atoms with E-state index in [1.807, 2.05) is 24.0 Å². The Morgan fingerprint density at radius 2 is 2.08 bits per heavy atom. The zero-order chi connectivity index (χ0) is 16.7. The summed E-state index contributed by atoms with van der Waals surface area (Å²) in [5, 5.41) is 1.87. The summed E-state index contributed by atoms with van der Waals surface area (Å²) in [7, 11) is 0. The number of benzene rings is 1. The van der Waals surface area contributed by atoms with Crippen LogP contribution >= 0.6 is 11.6 Å². The van der Waals surface area contributed by atoms with Crippen molar-refractivity contribution in [3.8, 4) is 0 Å². The molecular formula is C18H22ClN3O2. The van der Waals surface area contributed by atoms with Crippen molar-refractivity contribution in [2.24, 2.45) is 0 Å². The lowest BCUT2D eigenvalue weighted by Gasteiger charge is -2.36. The van der Waals surface area contributed by atoms with Gasteiger partial charge in [-0.2, -0.15) is 0 Å². The molecule has 4 rings (SSSR count). The Balaban J connectivity index is 1.56. The molecule has 1 unspecified atom stereocenters. The number of H-pyrrole nitrogens is 1. The van der Waals surface area contributed by atoms with Crippen molar-refractivity contribution in [2.45, 2.75) is 25.9 Å². The fourth-order valence-electron chi connectivity index (χ4n) is 3.78. The lowest BCUT2D eigenvalue weighted by atomic mass is 10.0. The number of ether oxygens (including phenoxy) is 1. The number of carbonyl (C=O) groups excluding carboxylic acids is 1. The number of morpholine rings is 1. The van der Waals surface area contributed by atoms with Gasteiger partial charge in [-0.1, -0.05) is 23.7 Å². The second kappa shape index (κ2) is 6.39. The molecule has 6 heteroatoms. The average molecular weight is 348 g/mol. The smallest absolute Gasteiger partial charge is 0.239 e. The number of halogens is 1. The topological polar surface area (TPSA) is 48.6 Å². The average Bonchev–Trinajstić information content (AvgIpc) is 3.00. The summed E-state index contributed by atoms with van der Waals surface area (Å²) >= 11 is 6.30. The van der Waals surface area contributed by atoms with Gasteiger partial charge in [-0.25, -0.2) is 0 Å². The number of para-hydroxylation sites is 1. The maximum atomic E-state index is 12.9. The highest BCUT2D eigenvalue weighted by Gasteiger charge is 2.30. The fraction of sp³-hybridized carbons (Fsp3) is 0.500. The Morgan fingerprint density at radius 3 is 2.88 bits per heavy atom. The van der Waals surface area contributed by atoms with Crippen molar-refractivity contribution in [2.75, 3.05) is 32.8 Å². The van der Waals surface area contributed by atoms with E-state index in [9.17, 15) is 4.79 Å². The molecule has 0 radical (unpaired) electrons. The van der Waals surface area contributed by atoms with Gasteiger partial charge in [0.1, 0.15) is 0 Å². The van der Waals surface area contributed by atoms with Crippen LogP contribution in [0.25, 0.3) is 10.9 Å². The Bertz CT molecular complexity index is 767. The maximum Gasteiger partial charge on any atom is 0.239 e. The highest BCUT2D eigenvalue weighted by Crippen LogP contribution is 2.31. The van der Waals surface area contributed by atoms with Crippen LogP contribution in [0.3, 0.4) is 0 Å². The van der Waals surface area contributed by atoms with E-state index in [0.717, 1.165) is 42.0 Å². The van der Waals surface area contributed by atoms with Gasteiger partial charge in [-0.15, -0.1) is 0 Å². The molecule has 1 aromatic carbocycles. The van der Waals surface area contributed by atoms with Crippen molar-refractivity contribution in [1.82, 2.24) is 14.8 Å². The van der Waals surface area contributed by atoms with Crippen LogP contribution in [0.5, 0.6) is 0 Å². The van der Waals surface area contributed by atoms with Crippen LogP contribution in [0.15, 0.2) is 18.2 Å². The van der Waals surface area contributed by atoms with E-state index in [4.69, 9.17) is 16.3 Å². The van der Waals surface area contributed by atoms with E-state index >= 15 is 0 Å². The predicted molar refractivity (Wildman–Crippen MR) is 94.3 cm³/mol. The second-order valence-electron chi connectivity index (χ2n) is 6.58. The number of hydrogen-bond acceptors (Lipinski definition) is 3. The van der Waals surface area contributed by atoms with Gasteiger partial charge in [0.25, 0.3) is 0 Å². The summed E-state index contributed by atoms with van der Waals surface area (Å²) in [5.74, 6) is 0.207. The molecule has 0 aliphatic carbocycles. The summed E-state index contributed by atoms with van der Waals surface area (Å²) in [6, 6.07) is 5.85. The van der Waals surface area contributed by atoms with Crippen LogP contribution in [0.4, 0.5) is 0 Å². The van der Waals surface area contributed by atoms with Crippen LogP contribution in [-0.2, 0) is 22.5 Å². The van der Waals surface area contributed by atoms with E-state index in [-0.39, 0.29) is 11.9 Å². The molecule has 1 atom stereocenters. The molecule has 1 amide bonds. The van der Waals surface area contributed by atoms with E-state index < -0.39 is 0 Å². The van der Waals surface area contributed by atoms with Gasteiger partial charge in [0.05, 0.1) is 29.8 Å². The molecular weight excluding hydrogens is 326 g/mol. The van der Waals surface area contributed by atoms with E-state index in [1.165, 1.54) is 11.3 Å². The van der Waals surface area contributed by atoms with Crippen molar-refractivity contribution in [3.63, 3.8) is 0 Å². The predicted octanol–water partition coefficient (Wildman–Crippen LogP) is 2.43. The zero-order valence-electron chi connectivity index (χ0n) is 13.8. The Hall–Kier alpha value is -1.56. The van der Waals surface area contributed by atoms with Crippen molar-refractivity contribution in [1.29, 1.82) is 0 Å². The summed E-state index contributed by atoms with van der Waals surface area (Å²) in [6.45, 7) is 6.50. The van der Waals surface area contributed by atoms with Crippen LogP contribution in [-0.4, -0.2) is 59.6 Å². The first-order valence-electron chi connectivity index (χ1n) is 8.53.